The third kappa shape index (κ3) is 3.20. The molecule has 1 aliphatic carbocycles. The van der Waals surface area contributed by atoms with E-state index in [1.54, 1.807) is 7.11 Å². The molecule has 2 aromatic rings. The van der Waals surface area contributed by atoms with Gasteiger partial charge in [-0.3, -0.25) is 0 Å². The van der Waals surface area contributed by atoms with E-state index in [9.17, 15) is 0 Å². The van der Waals surface area contributed by atoms with Gasteiger partial charge in [0.25, 0.3) is 0 Å². The zero-order valence-corrected chi connectivity index (χ0v) is 16.3. The van der Waals surface area contributed by atoms with E-state index in [1.807, 2.05) is 12.1 Å². The maximum absolute atomic E-state index is 5.29. The number of methoxy groups -OCH3 is 1. The van der Waals surface area contributed by atoms with Gasteiger partial charge in [0, 0.05) is 31.4 Å². The lowest BCUT2D eigenvalue weighted by molar-refractivity contribution is 0.207. The fraction of sp³-hybridized carbons (Fsp3) is 0.476. The Bertz CT molecular complexity index is 981. The first-order chi connectivity index (χ1) is 13.8. The van der Waals surface area contributed by atoms with E-state index >= 15 is 0 Å². The van der Waals surface area contributed by atoms with Crippen molar-refractivity contribution in [3.63, 3.8) is 0 Å². The highest BCUT2D eigenvalue weighted by atomic mass is 16.5. The molecule has 0 spiro atoms. The van der Waals surface area contributed by atoms with Crippen LogP contribution < -0.4 is 20.7 Å². The number of ether oxygens (including phenoxy) is 1. The molecule has 0 amide bonds. The second-order valence-corrected chi connectivity index (χ2v) is 7.78. The van der Waals surface area contributed by atoms with Crippen LogP contribution in [0.1, 0.15) is 36.9 Å². The van der Waals surface area contributed by atoms with Crippen molar-refractivity contribution < 1.29 is 4.74 Å². The van der Waals surface area contributed by atoms with Crippen molar-refractivity contribution in [3.05, 3.63) is 46.1 Å². The molecule has 3 aliphatic rings. The van der Waals surface area contributed by atoms with Gasteiger partial charge in [0.1, 0.15) is 16.9 Å². The van der Waals surface area contributed by atoms with E-state index in [2.05, 4.69) is 42.9 Å². The molecule has 1 aromatic carbocycles. The summed E-state index contributed by atoms with van der Waals surface area (Å²) in [6, 6.07) is 8.30. The van der Waals surface area contributed by atoms with Gasteiger partial charge < -0.3 is 15.1 Å². The predicted molar refractivity (Wildman–Crippen MR) is 106 cm³/mol. The number of aryl methyl sites for hydroxylation is 1. The van der Waals surface area contributed by atoms with Gasteiger partial charge in [-0.1, -0.05) is 12.1 Å². The molecule has 1 saturated heterocycles. The van der Waals surface area contributed by atoms with Crippen molar-refractivity contribution in [2.24, 2.45) is 0 Å². The summed E-state index contributed by atoms with van der Waals surface area (Å²) in [4.78, 5) is 2.44. The molecule has 1 N–H and O–H groups in total. The number of hydrazine groups is 1. The molecule has 0 bridgehead atoms. The van der Waals surface area contributed by atoms with Crippen LogP contribution in [0.3, 0.4) is 0 Å². The molecular formula is C21H26N6O. The van der Waals surface area contributed by atoms with Crippen LogP contribution in [0.2, 0.25) is 0 Å². The molecule has 146 valence electrons. The average Bonchev–Trinajstić information content (AvgIpc) is 3.08. The number of hydrogen-bond acceptors (Lipinski definition) is 7. The molecule has 0 radical (unpaired) electrons. The highest BCUT2D eigenvalue weighted by Crippen LogP contribution is 2.20. The number of rotatable bonds is 4. The third-order valence-electron chi connectivity index (χ3n) is 5.93. The molecule has 1 aromatic heterocycles. The molecule has 5 rings (SSSR count). The summed E-state index contributed by atoms with van der Waals surface area (Å²) in [5, 5.41) is 17.4. The highest BCUT2D eigenvalue weighted by molar-refractivity contribution is 5.56. The van der Waals surface area contributed by atoms with E-state index in [0.717, 1.165) is 61.6 Å². The molecule has 0 atom stereocenters. The molecule has 7 nitrogen and oxygen atoms in total. The maximum atomic E-state index is 5.29. The zero-order chi connectivity index (χ0) is 18.9. The minimum absolute atomic E-state index is 0.814. The largest absolute Gasteiger partial charge is 0.497 e. The van der Waals surface area contributed by atoms with Gasteiger partial charge in [0.2, 0.25) is 0 Å². The van der Waals surface area contributed by atoms with E-state index in [4.69, 9.17) is 4.74 Å². The summed E-state index contributed by atoms with van der Waals surface area (Å²) in [7, 11) is 1.70. The first kappa shape index (κ1) is 17.4. The second-order valence-electron chi connectivity index (χ2n) is 7.78. The quantitative estimate of drug-likeness (QED) is 0.833. The Morgan fingerprint density at radius 1 is 1.04 bits per heavy atom. The third-order valence-corrected chi connectivity index (χ3v) is 5.93. The topological polar surface area (TPSA) is 66.4 Å². The minimum Gasteiger partial charge on any atom is -0.497 e. The van der Waals surface area contributed by atoms with Crippen LogP contribution in [0.25, 0.3) is 11.4 Å². The van der Waals surface area contributed by atoms with E-state index in [1.165, 1.54) is 35.6 Å². The van der Waals surface area contributed by atoms with Crippen molar-refractivity contribution in [2.45, 2.75) is 38.6 Å². The number of benzene rings is 1. The summed E-state index contributed by atoms with van der Waals surface area (Å²) >= 11 is 0. The molecule has 28 heavy (non-hydrogen) atoms. The van der Waals surface area contributed by atoms with Crippen molar-refractivity contribution in [1.82, 2.24) is 30.7 Å². The van der Waals surface area contributed by atoms with Gasteiger partial charge in [-0.05, 0) is 60.6 Å². The van der Waals surface area contributed by atoms with Gasteiger partial charge in [-0.25, -0.2) is 5.01 Å². The monoisotopic (exact) mass is 378 g/mol. The van der Waals surface area contributed by atoms with Gasteiger partial charge in [0.15, 0.2) is 0 Å². The van der Waals surface area contributed by atoms with Crippen LogP contribution in [0.5, 0.6) is 5.75 Å². The Labute approximate surface area is 164 Å². The van der Waals surface area contributed by atoms with Crippen LogP contribution in [-0.2, 0) is 13.0 Å². The summed E-state index contributed by atoms with van der Waals surface area (Å²) in [6.45, 7) is 3.81. The van der Waals surface area contributed by atoms with Crippen molar-refractivity contribution in [1.29, 1.82) is 0 Å². The van der Waals surface area contributed by atoms with Crippen LogP contribution >= 0.6 is 0 Å². The molecule has 2 aliphatic heterocycles. The van der Waals surface area contributed by atoms with E-state index < -0.39 is 0 Å². The molecule has 3 heterocycles. The van der Waals surface area contributed by atoms with Gasteiger partial charge in [-0.15, -0.1) is 10.2 Å². The van der Waals surface area contributed by atoms with Crippen LogP contribution in [0.15, 0.2) is 24.3 Å². The van der Waals surface area contributed by atoms with Crippen molar-refractivity contribution >= 4 is 11.4 Å². The molecule has 0 unspecified atom stereocenters. The normalized spacial score (nSPS) is 19.2. The molecule has 1 fully saturated rings. The SMILES string of the molecule is COc1ccc(CN2CC3=c4c(nnnc4=C(N4CCCCC4)N2)CC3)cc1. The Morgan fingerprint density at radius 2 is 1.86 bits per heavy atom. The fourth-order valence-electron chi connectivity index (χ4n) is 4.48. The Hall–Kier alpha value is -2.67. The molecule has 7 heteroatoms. The summed E-state index contributed by atoms with van der Waals surface area (Å²) in [6.07, 6.45) is 5.76. The fourth-order valence-corrected chi connectivity index (χ4v) is 4.48. The Morgan fingerprint density at radius 3 is 2.64 bits per heavy atom. The molecular weight excluding hydrogens is 352 g/mol. The summed E-state index contributed by atoms with van der Waals surface area (Å²) in [5.74, 6) is 1.98. The maximum Gasteiger partial charge on any atom is 0.145 e. The number of nitrogens with one attached hydrogen (secondary N) is 1. The first-order valence-corrected chi connectivity index (χ1v) is 10.2. The van der Waals surface area contributed by atoms with Crippen LogP contribution in [-0.4, -0.2) is 52.1 Å². The van der Waals surface area contributed by atoms with Gasteiger partial charge in [-0.2, -0.15) is 0 Å². The lowest BCUT2D eigenvalue weighted by Crippen LogP contribution is -2.48. The molecule has 0 saturated carbocycles. The highest BCUT2D eigenvalue weighted by Gasteiger charge is 2.26. The van der Waals surface area contributed by atoms with Crippen molar-refractivity contribution in [3.8, 4) is 5.75 Å². The second kappa shape index (κ2) is 7.39. The predicted octanol–water partition coefficient (Wildman–Crippen LogP) is 0.549. The zero-order valence-electron chi connectivity index (χ0n) is 16.3. The number of nitrogens with zero attached hydrogens (tertiary/aromatic N) is 5. The van der Waals surface area contributed by atoms with Crippen LogP contribution in [0.4, 0.5) is 0 Å². The standard InChI is InChI=1S/C21H26N6O/c1-28-17-8-5-15(6-9-17)13-27-14-16-7-10-18-19(16)20(23-25-22-18)21(24-27)26-11-3-2-4-12-26/h5-6,8-9,24H,2-4,7,10-14H2,1H3. The lowest BCUT2D eigenvalue weighted by atomic mass is 10.1. The Kier molecular flexibility index (Phi) is 4.60. The van der Waals surface area contributed by atoms with Gasteiger partial charge >= 0.3 is 0 Å². The smallest absolute Gasteiger partial charge is 0.145 e. The number of hydrogen-bond donors (Lipinski definition) is 1. The van der Waals surface area contributed by atoms with E-state index in [0.29, 0.717) is 0 Å². The summed E-state index contributed by atoms with van der Waals surface area (Å²) in [5.41, 5.74) is 7.47. The van der Waals surface area contributed by atoms with E-state index in [-0.39, 0.29) is 0 Å². The van der Waals surface area contributed by atoms with Crippen molar-refractivity contribution in [2.75, 3.05) is 26.7 Å². The lowest BCUT2D eigenvalue weighted by Gasteiger charge is -2.34. The first-order valence-electron chi connectivity index (χ1n) is 10.2. The number of piperidine rings is 1. The Balaban J connectivity index is 1.53. The average molecular weight is 378 g/mol. The minimum atomic E-state index is 0.814. The van der Waals surface area contributed by atoms with Crippen LogP contribution in [0, 0.1) is 0 Å². The summed E-state index contributed by atoms with van der Waals surface area (Å²) < 4.78 is 5.29. The number of likely N-dealkylation sites (tertiary alicyclic amines) is 1. The number of aromatic nitrogens is 3. The van der Waals surface area contributed by atoms with Gasteiger partial charge in [0.05, 0.1) is 12.8 Å².